The van der Waals surface area contributed by atoms with Gasteiger partial charge in [0.25, 0.3) is 5.91 Å². The van der Waals surface area contributed by atoms with Crippen molar-refractivity contribution in [3.8, 4) is 0 Å². The Labute approximate surface area is 165 Å². The maximum atomic E-state index is 12.4. The summed E-state index contributed by atoms with van der Waals surface area (Å²) < 4.78 is 0. The number of rotatable bonds is 7. The SMILES string of the molecule is CCN(CC)c1ccc(Nc2ncc(C(=O)Nc3ccccc3C)cn2)cc1. The fourth-order valence-electron chi connectivity index (χ4n) is 2.89. The minimum Gasteiger partial charge on any atom is -0.372 e. The smallest absolute Gasteiger partial charge is 0.258 e. The molecule has 1 amide bonds. The molecule has 28 heavy (non-hydrogen) atoms. The van der Waals surface area contributed by atoms with E-state index >= 15 is 0 Å². The number of para-hydroxylation sites is 1. The predicted octanol–water partition coefficient (Wildman–Crippen LogP) is 4.63. The van der Waals surface area contributed by atoms with E-state index in [0.29, 0.717) is 11.5 Å². The van der Waals surface area contributed by atoms with E-state index in [1.54, 1.807) is 0 Å². The summed E-state index contributed by atoms with van der Waals surface area (Å²) in [5.74, 6) is 0.215. The minimum absolute atomic E-state index is 0.232. The molecule has 1 heterocycles. The Balaban J connectivity index is 1.64. The molecule has 6 nitrogen and oxygen atoms in total. The third kappa shape index (κ3) is 4.65. The highest BCUT2D eigenvalue weighted by molar-refractivity contribution is 6.04. The van der Waals surface area contributed by atoms with E-state index in [9.17, 15) is 4.79 Å². The van der Waals surface area contributed by atoms with Gasteiger partial charge >= 0.3 is 0 Å². The molecule has 144 valence electrons. The van der Waals surface area contributed by atoms with Crippen molar-refractivity contribution in [2.24, 2.45) is 0 Å². The molecule has 2 N–H and O–H groups in total. The Morgan fingerprint density at radius 3 is 2.21 bits per heavy atom. The van der Waals surface area contributed by atoms with Crippen molar-refractivity contribution < 1.29 is 4.79 Å². The van der Waals surface area contributed by atoms with Crippen LogP contribution in [0.25, 0.3) is 0 Å². The summed E-state index contributed by atoms with van der Waals surface area (Å²) in [5.41, 5.74) is 4.27. The van der Waals surface area contributed by atoms with Crippen LogP contribution >= 0.6 is 0 Å². The quantitative estimate of drug-likeness (QED) is 0.630. The lowest BCUT2D eigenvalue weighted by Gasteiger charge is -2.21. The number of carbonyl (C=O) groups is 1. The fourth-order valence-corrected chi connectivity index (χ4v) is 2.89. The van der Waals surface area contributed by atoms with Crippen molar-refractivity contribution in [2.45, 2.75) is 20.8 Å². The summed E-state index contributed by atoms with van der Waals surface area (Å²) in [6, 6.07) is 15.8. The van der Waals surface area contributed by atoms with E-state index < -0.39 is 0 Å². The summed E-state index contributed by atoms with van der Waals surface area (Å²) in [7, 11) is 0. The van der Waals surface area contributed by atoms with Crippen LogP contribution in [0.15, 0.2) is 60.9 Å². The van der Waals surface area contributed by atoms with E-state index in [1.807, 2.05) is 43.3 Å². The molecular formula is C22H25N5O. The summed E-state index contributed by atoms with van der Waals surface area (Å²) in [5, 5.41) is 6.04. The van der Waals surface area contributed by atoms with Gasteiger partial charge in [0.05, 0.1) is 5.56 Å². The van der Waals surface area contributed by atoms with Gasteiger partial charge in [-0.05, 0) is 56.7 Å². The molecule has 3 aromatic rings. The second-order valence-electron chi connectivity index (χ2n) is 6.41. The average molecular weight is 375 g/mol. The number of amides is 1. The van der Waals surface area contributed by atoms with Crippen LogP contribution in [0.3, 0.4) is 0 Å². The van der Waals surface area contributed by atoms with Gasteiger partial charge in [-0.1, -0.05) is 18.2 Å². The lowest BCUT2D eigenvalue weighted by atomic mass is 10.2. The number of aryl methyl sites for hydroxylation is 1. The van der Waals surface area contributed by atoms with Gasteiger partial charge in [-0.25, -0.2) is 9.97 Å². The van der Waals surface area contributed by atoms with Crippen LogP contribution in [-0.4, -0.2) is 29.0 Å². The second-order valence-corrected chi connectivity index (χ2v) is 6.41. The largest absolute Gasteiger partial charge is 0.372 e. The first kappa shape index (κ1) is 19.4. The molecule has 3 rings (SSSR count). The first-order valence-corrected chi connectivity index (χ1v) is 9.41. The van der Waals surface area contributed by atoms with Crippen molar-refractivity contribution in [3.05, 3.63) is 72.1 Å². The summed E-state index contributed by atoms with van der Waals surface area (Å²) in [6.45, 7) is 8.17. The Kier molecular flexibility index (Phi) is 6.22. The molecule has 0 saturated carbocycles. The van der Waals surface area contributed by atoms with Gasteiger partial charge < -0.3 is 15.5 Å². The zero-order valence-corrected chi connectivity index (χ0v) is 16.4. The highest BCUT2D eigenvalue weighted by Gasteiger charge is 2.09. The van der Waals surface area contributed by atoms with E-state index in [2.05, 4.69) is 51.5 Å². The monoisotopic (exact) mass is 375 g/mol. The maximum Gasteiger partial charge on any atom is 0.258 e. The van der Waals surface area contributed by atoms with Gasteiger partial charge in [0.2, 0.25) is 5.95 Å². The molecule has 0 bridgehead atoms. The molecule has 0 radical (unpaired) electrons. The molecule has 0 aliphatic carbocycles. The summed E-state index contributed by atoms with van der Waals surface area (Å²) >= 11 is 0. The first-order chi connectivity index (χ1) is 13.6. The third-order valence-corrected chi connectivity index (χ3v) is 4.56. The highest BCUT2D eigenvalue weighted by Crippen LogP contribution is 2.20. The molecule has 1 aromatic heterocycles. The van der Waals surface area contributed by atoms with E-state index in [-0.39, 0.29) is 5.91 Å². The number of nitrogens with one attached hydrogen (secondary N) is 2. The lowest BCUT2D eigenvalue weighted by Crippen LogP contribution is -2.21. The highest BCUT2D eigenvalue weighted by atomic mass is 16.1. The molecule has 0 aliphatic rings. The minimum atomic E-state index is -0.232. The normalized spacial score (nSPS) is 10.4. The van der Waals surface area contributed by atoms with E-state index in [1.165, 1.54) is 18.1 Å². The molecule has 0 fully saturated rings. The number of nitrogens with zero attached hydrogens (tertiary/aromatic N) is 3. The van der Waals surface area contributed by atoms with Crippen molar-refractivity contribution in [2.75, 3.05) is 28.6 Å². The zero-order valence-electron chi connectivity index (χ0n) is 16.4. The van der Waals surface area contributed by atoms with Crippen LogP contribution in [0.5, 0.6) is 0 Å². The number of hydrogen-bond acceptors (Lipinski definition) is 5. The first-order valence-electron chi connectivity index (χ1n) is 9.41. The van der Waals surface area contributed by atoms with Crippen LogP contribution in [0, 0.1) is 6.92 Å². The average Bonchev–Trinajstić information content (AvgIpc) is 2.72. The van der Waals surface area contributed by atoms with Crippen molar-refractivity contribution in [1.82, 2.24) is 9.97 Å². The number of carbonyl (C=O) groups excluding carboxylic acids is 1. The Morgan fingerprint density at radius 2 is 1.61 bits per heavy atom. The van der Waals surface area contributed by atoms with Gasteiger partial charge in [0.1, 0.15) is 0 Å². The summed E-state index contributed by atoms with van der Waals surface area (Å²) in [6.07, 6.45) is 3.04. The molecular weight excluding hydrogens is 350 g/mol. The van der Waals surface area contributed by atoms with Crippen molar-refractivity contribution >= 4 is 28.9 Å². The van der Waals surface area contributed by atoms with Gasteiger partial charge in [-0.2, -0.15) is 0 Å². The number of aromatic nitrogens is 2. The van der Waals surface area contributed by atoms with Crippen LogP contribution < -0.4 is 15.5 Å². The predicted molar refractivity (Wildman–Crippen MR) is 114 cm³/mol. The van der Waals surface area contributed by atoms with Gasteiger partial charge in [0.15, 0.2) is 0 Å². The topological polar surface area (TPSA) is 70.2 Å². The zero-order chi connectivity index (χ0) is 19.9. The summed E-state index contributed by atoms with van der Waals surface area (Å²) in [4.78, 5) is 23.2. The van der Waals surface area contributed by atoms with Crippen LogP contribution in [-0.2, 0) is 0 Å². The molecule has 0 saturated heterocycles. The van der Waals surface area contributed by atoms with Gasteiger partial charge in [-0.15, -0.1) is 0 Å². The molecule has 2 aromatic carbocycles. The molecule has 0 unspecified atom stereocenters. The standard InChI is InChI=1S/C22H25N5O/c1-4-27(5-2)19-12-10-18(11-13-19)25-22-23-14-17(15-24-22)21(28)26-20-9-7-6-8-16(20)3/h6-15H,4-5H2,1-3H3,(H,26,28)(H,23,24,25). The Bertz CT molecular complexity index is 918. The third-order valence-electron chi connectivity index (χ3n) is 4.56. The fraction of sp³-hybridized carbons (Fsp3) is 0.227. The van der Waals surface area contributed by atoms with E-state index in [0.717, 1.165) is 30.0 Å². The van der Waals surface area contributed by atoms with Crippen LogP contribution in [0.1, 0.15) is 29.8 Å². The number of benzene rings is 2. The molecule has 6 heteroatoms. The Morgan fingerprint density at radius 1 is 0.964 bits per heavy atom. The van der Waals surface area contributed by atoms with Crippen molar-refractivity contribution in [1.29, 1.82) is 0 Å². The molecule has 0 atom stereocenters. The molecule has 0 spiro atoms. The number of anilines is 4. The van der Waals surface area contributed by atoms with Crippen LogP contribution in [0.4, 0.5) is 23.0 Å². The number of hydrogen-bond donors (Lipinski definition) is 2. The molecule has 0 aliphatic heterocycles. The van der Waals surface area contributed by atoms with Gasteiger partial charge in [0, 0.05) is 42.5 Å². The van der Waals surface area contributed by atoms with E-state index in [4.69, 9.17) is 0 Å². The Hall–Kier alpha value is -3.41. The maximum absolute atomic E-state index is 12.4. The van der Waals surface area contributed by atoms with Crippen LogP contribution in [0.2, 0.25) is 0 Å². The van der Waals surface area contributed by atoms with Gasteiger partial charge in [-0.3, -0.25) is 4.79 Å². The second kappa shape index (κ2) is 8.99. The lowest BCUT2D eigenvalue weighted by molar-refractivity contribution is 0.102. The van der Waals surface area contributed by atoms with Crippen molar-refractivity contribution in [3.63, 3.8) is 0 Å².